The average molecular weight is 171 g/mol. The molecule has 1 unspecified atom stereocenters. The van der Waals surface area contributed by atoms with Crippen molar-refractivity contribution in [1.82, 2.24) is 0 Å². The molecule has 0 aliphatic heterocycles. The van der Waals surface area contributed by atoms with Crippen molar-refractivity contribution in [2.45, 2.75) is 12.5 Å². The topological polar surface area (TPSA) is 9.23 Å². The van der Waals surface area contributed by atoms with Gasteiger partial charge in [-0.05, 0) is 0 Å². The molecule has 0 rings (SSSR count). The second kappa shape index (κ2) is 5.33. The summed E-state index contributed by atoms with van der Waals surface area (Å²) in [5, 5.41) is 0. The van der Waals surface area contributed by atoms with E-state index in [4.69, 9.17) is 4.74 Å². The van der Waals surface area contributed by atoms with Crippen molar-refractivity contribution < 1.29 is 9.22 Å². The van der Waals surface area contributed by atoms with Gasteiger partial charge in [0.25, 0.3) is 0 Å². The third-order valence-electron chi connectivity index (χ3n) is 1.93. The van der Waals surface area contributed by atoms with Crippen LogP contribution in [0.4, 0.5) is 0 Å². The Morgan fingerprint density at radius 2 is 2.00 bits per heavy atom. The van der Waals surface area contributed by atoms with Crippen molar-refractivity contribution in [2.24, 2.45) is 0 Å². The summed E-state index contributed by atoms with van der Waals surface area (Å²) in [6, 6.07) is 0.398. The maximum atomic E-state index is 5.28. The quantitative estimate of drug-likeness (QED) is 0.334. The lowest BCUT2D eigenvalue weighted by molar-refractivity contribution is -0.890. The fraction of sp³-hybridized carbons (Fsp3) is 0.700. The molecule has 0 spiro atoms. The molecule has 0 aromatic rings. The van der Waals surface area contributed by atoms with Gasteiger partial charge in [-0.25, -0.2) is 0 Å². The van der Waals surface area contributed by atoms with Crippen LogP contribution >= 0.6 is 0 Å². The van der Waals surface area contributed by atoms with Crippen LogP contribution in [-0.2, 0) is 4.74 Å². The molecule has 0 aliphatic rings. The predicted octanol–water partition coefficient (Wildman–Crippen LogP) is 1.49. The molecule has 2 nitrogen and oxygen atoms in total. The van der Waals surface area contributed by atoms with E-state index in [1.807, 2.05) is 0 Å². The van der Waals surface area contributed by atoms with Crippen molar-refractivity contribution in [3.05, 3.63) is 19.6 Å². The zero-order valence-corrected chi connectivity index (χ0v) is 8.55. The number of nitrogens with zero attached hydrogens (tertiary/aromatic N) is 1. The largest absolute Gasteiger partial charge is 0.377 e. The van der Waals surface area contributed by atoms with Gasteiger partial charge in [-0.2, -0.15) is 0 Å². The van der Waals surface area contributed by atoms with Gasteiger partial charge >= 0.3 is 0 Å². The van der Waals surface area contributed by atoms with Crippen LogP contribution < -0.4 is 0 Å². The fourth-order valence-corrected chi connectivity index (χ4v) is 0.773. The van der Waals surface area contributed by atoms with E-state index in [9.17, 15) is 0 Å². The van der Waals surface area contributed by atoms with E-state index < -0.39 is 0 Å². The third-order valence-corrected chi connectivity index (χ3v) is 1.93. The molecule has 0 fully saturated rings. The lowest BCUT2D eigenvalue weighted by Gasteiger charge is -2.31. The van der Waals surface area contributed by atoms with Gasteiger partial charge in [-0.1, -0.05) is 6.08 Å². The molecule has 0 bridgehead atoms. The van der Waals surface area contributed by atoms with Crippen LogP contribution in [0.1, 0.15) is 6.42 Å². The molecule has 71 valence electrons. The molecule has 0 saturated carbocycles. The van der Waals surface area contributed by atoms with Crippen molar-refractivity contribution in [1.29, 1.82) is 0 Å². The maximum Gasteiger partial charge on any atom is 0.0908 e. The van der Waals surface area contributed by atoms with Crippen LogP contribution in [0.3, 0.4) is 0 Å². The Balaban J connectivity index is 3.44. The van der Waals surface area contributed by atoms with Gasteiger partial charge in [-0.3, -0.25) is 0 Å². The number of ether oxygens (including phenoxy) is 1. The second-order valence-electron chi connectivity index (χ2n) is 3.92. The molecule has 1 atom stereocenters. The molecular weight excluding hydrogens is 150 g/mol. The summed E-state index contributed by atoms with van der Waals surface area (Å²) in [7, 11) is 6.43. The second-order valence-corrected chi connectivity index (χ2v) is 3.92. The molecule has 0 aliphatic carbocycles. The molecule has 12 heavy (non-hydrogen) atoms. The minimum atomic E-state index is 0.398. The predicted molar refractivity (Wildman–Crippen MR) is 52.8 cm³/mol. The van der Waals surface area contributed by atoms with Crippen molar-refractivity contribution >= 4 is 0 Å². The molecule has 0 amide bonds. The first-order valence-electron chi connectivity index (χ1n) is 4.31. The van der Waals surface area contributed by atoms with E-state index in [2.05, 4.69) is 34.6 Å². The Bertz CT molecular complexity index is 126. The summed E-state index contributed by atoms with van der Waals surface area (Å²) in [6.45, 7) is 9.07. The lowest BCUT2D eigenvalue weighted by Crippen LogP contribution is -2.43. The van der Waals surface area contributed by atoms with E-state index in [1.165, 1.54) is 0 Å². The van der Waals surface area contributed by atoms with E-state index in [0.29, 0.717) is 12.6 Å². The first-order valence-corrected chi connectivity index (χ1v) is 4.31. The summed E-state index contributed by atoms with van der Waals surface area (Å²) in [5.41, 5.74) is 0. The van der Waals surface area contributed by atoms with Crippen molar-refractivity contribution in [3.63, 3.8) is 0 Å². The van der Waals surface area contributed by atoms with Crippen LogP contribution in [0.25, 0.3) is 0 Å². The zero-order valence-electron chi connectivity index (χ0n) is 8.55. The Labute approximate surface area is 76.4 Å². The fourth-order valence-electron chi connectivity index (χ4n) is 0.773. The van der Waals surface area contributed by atoms with Crippen molar-refractivity contribution in [3.8, 4) is 0 Å². The third kappa shape index (κ3) is 5.33. The number of hydrogen-bond acceptors (Lipinski definition) is 1. The SMILES string of the molecule is [CH2]C(CCOCC=C)[N+](C)(C)C. The summed E-state index contributed by atoms with van der Waals surface area (Å²) in [6.07, 6.45) is 2.77. The highest BCUT2D eigenvalue weighted by molar-refractivity contribution is 4.65. The van der Waals surface area contributed by atoms with E-state index >= 15 is 0 Å². The Hall–Kier alpha value is -0.340. The molecule has 0 N–H and O–H groups in total. The van der Waals surface area contributed by atoms with Crippen molar-refractivity contribution in [2.75, 3.05) is 34.4 Å². The molecule has 0 heterocycles. The first-order chi connectivity index (χ1) is 5.48. The minimum Gasteiger partial charge on any atom is -0.377 e. The monoisotopic (exact) mass is 171 g/mol. The summed E-state index contributed by atoms with van der Waals surface area (Å²) in [5.74, 6) is 0. The molecule has 0 saturated heterocycles. The Kier molecular flexibility index (Phi) is 5.18. The van der Waals surface area contributed by atoms with Gasteiger partial charge in [0, 0.05) is 13.3 Å². The standard InChI is InChI=1S/C10H21NO/c1-6-8-12-9-7-10(2)11(3,4)5/h6,10H,1-2,7-9H2,3-5H3/q+1. The zero-order chi connectivity index (χ0) is 9.61. The smallest absolute Gasteiger partial charge is 0.0908 e. The molecule has 2 heteroatoms. The molecular formula is C10H21NO+. The Morgan fingerprint density at radius 1 is 1.42 bits per heavy atom. The van der Waals surface area contributed by atoms with E-state index in [0.717, 1.165) is 17.5 Å². The van der Waals surface area contributed by atoms with Crippen LogP contribution in [-0.4, -0.2) is 44.9 Å². The maximum absolute atomic E-state index is 5.28. The summed E-state index contributed by atoms with van der Waals surface area (Å²) >= 11 is 0. The van der Waals surface area contributed by atoms with E-state index in [1.54, 1.807) is 6.08 Å². The lowest BCUT2D eigenvalue weighted by atomic mass is 10.2. The number of quaternary nitrogens is 1. The minimum absolute atomic E-state index is 0.398. The first kappa shape index (κ1) is 11.7. The number of rotatable bonds is 6. The van der Waals surface area contributed by atoms with Gasteiger partial charge in [0.1, 0.15) is 0 Å². The van der Waals surface area contributed by atoms with Crippen LogP contribution in [0.15, 0.2) is 12.7 Å². The Morgan fingerprint density at radius 3 is 2.42 bits per heavy atom. The molecule has 0 aromatic carbocycles. The van der Waals surface area contributed by atoms with Gasteiger partial charge < -0.3 is 9.22 Å². The van der Waals surface area contributed by atoms with Gasteiger partial charge in [0.15, 0.2) is 0 Å². The highest BCUT2D eigenvalue weighted by atomic mass is 16.5. The highest BCUT2D eigenvalue weighted by Crippen LogP contribution is 2.05. The van der Waals surface area contributed by atoms with Gasteiger partial charge in [0.2, 0.25) is 0 Å². The highest BCUT2D eigenvalue weighted by Gasteiger charge is 2.17. The van der Waals surface area contributed by atoms with Crippen LogP contribution in [0, 0.1) is 6.92 Å². The van der Waals surface area contributed by atoms with E-state index in [-0.39, 0.29) is 0 Å². The van der Waals surface area contributed by atoms with Crippen LogP contribution in [0.2, 0.25) is 0 Å². The molecule has 1 radical (unpaired) electrons. The van der Waals surface area contributed by atoms with Gasteiger partial charge in [-0.15, -0.1) is 6.58 Å². The van der Waals surface area contributed by atoms with Crippen LogP contribution in [0.5, 0.6) is 0 Å². The number of hydrogen-bond donors (Lipinski definition) is 0. The van der Waals surface area contributed by atoms with Gasteiger partial charge in [0.05, 0.1) is 40.4 Å². The normalized spacial score (nSPS) is 14.3. The average Bonchev–Trinajstić information content (AvgIpc) is 1.96. The summed E-state index contributed by atoms with van der Waals surface area (Å²) in [4.78, 5) is 0. The molecule has 0 aromatic heterocycles. The summed E-state index contributed by atoms with van der Waals surface area (Å²) < 4.78 is 6.17.